The van der Waals surface area contributed by atoms with Crippen molar-refractivity contribution in [3.63, 3.8) is 0 Å². The number of methoxy groups -OCH3 is 1. The van der Waals surface area contributed by atoms with E-state index < -0.39 is 20.7 Å². The Labute approximate surface area is 201 Å². The Kier molecular flexibility index (Phi) is 8.51. The number of hydrogen-bond donors (Lipinski definition) is 2. The van der Waals surface area contributed by atoms with Crippen molar-refractivity contribution >= 4 is 43.1 Å². The molecule has 0 bridgehead atoms. The summed E-state index contributed by atoms with van der Waals surface area (Å²) >= 11 is 0. The van der Waals surface area contributed by atoms with Gasteiger partial charge in [0.25, 0.3) is 15.7 Å². The van der Waals surface area contributed by atoms with E-state index in [0.29, 0.717) is 30.3 Å². The summed E-state index contributed by atoms with van der Waals surface area (Å²) < 4.78 is 40.3. The lowest BCUT2D eigenvalue weighted by molar-refractivity contribution is -0.379. The van der Waals surface area contributed by atoms with E-state index in [0.717, 1.165) is 16.7 Å². The maximum Gasteiger partial charge on any atom is 0.287 e. The first kappa shape index (κ1) is 25.5. The summed E-state index contributed by atoms with van der Waals surface area (Å²) in [4.78, 5) is 19.3. The molecule has 0 spiro atoms. The van der Waals surface area contributed by atoms with Crippen LogP contribution in [0.2, 0.25) is 0 Å². The van der Waals surface area contributed by atoms with E-state index in [4.69, 9.17) is 9.47 Å². The fourth-order valence-corrected chi connectivity index (χ4v) is 6.12. The van der Waals surface area contributed by atoms with Gasteiger partial charge in [-0.3, -0.25) is 0 Å². The third kappa shape index (κ3) is 6.48. The van der Waals surface area contributed by atoms with Crippen molar-refractivity contribution in [2.45, 2.75) is 31.2 Å². The fraction of sp³-hybridized carbons (Fsp3) is 0.364. The first-order valence-electron chi connectivity index (χ1n) is 10.5. The van der Waals surface area contributed by atoms with Crippen LogP contribution in [0.1, 0.15) is 20.3 Å². The van der Waals surface area contributed by atoms with Gasteiger partial charge in [0.15, 0.2) is 11.5 Å². The van der Waals surface area contributed by atoms with Crippen LogP contribution in [0.3, 0.4) is 0 Å². The Morgan fingerprint density at radius 3 is 2.53 bits per heavy atom. The number of sulfonamides is 1. The van der Waals surface area contributed by atoms with Gasteiger partial charge in [-0.15, -0.1) is 3.77 Å². The van der Waals surface area contributed by atoms with Crippen LogP contribution in [-0.2, 0) is 20.7 Å². The number of fused-ring (bicyclic) bond motifs is 1. The molecule has 0 radical (unpaired) electrons. The van der Waals surface area contributed by atoms with Gasteiger partial charge in [-0.2, -0.15) is 8.42 Å². The van der Waals surface area contributed by atoms with Crippen LogP contribution in [0.25, 0.3) is 10.9 Å². The van der Waals surface area contributed by atoms with E-state index in [9.17, 15) is 13.3 Å². The first-order valence-corrected chi connectivity index (χ1v) is 13.7. The van der Waals surface area contributed by atoms with Crippen molar-refractivity contribution < 1.29 is 23.1 Å². The molecule has 1 unspecified atom stereocenters. The number of anilines is 1. The van der Waals surface area contributed by atoms with Crippen molar-refractivity contribution in [3.8, 4) is 11.5 Å². The second-order valence-corrected chi connectivity index (χ2v) is 11.4. The van der Waals surface area contributed by atoms with Gasteiger partial charge in [0.1, 0.15) is 12.1 Å². The molecule has 2 aromatic carbocycles. The van der Waals surface area contributed by atoms with Crippen molar-refractivity contribution in [2.75, 3.05) is 31.0 Å². The number of ether oxygens (including phenoxy) is 2. The highest BCUT2D eigenvalue weighted by Gasteiger charge is 2.15. The van der Waals surface area contributed by atoms with E-state index >= 15 is 0 Å². The van der Waals surface area contributed by atoms with Crippen molar-refractivity contribution in [1.82, 2.24) is 9.97 Å². The number of hydrogen-bond acceptors (Lipinski definition) is 8. The second-order valence-electron chi connectivity index (χ2n) is 7.72. The summed E-state index contributed by atoms with van der Waals surface area (Å²) in [6.07, 6.45) is 3.86. The maximum absolute atomic E-state index is 12.5. The summed E-state index contributed by atoms with van der Waals surface area (Å²) in [7, 11) is -2.95. The summed E-state index contributed by atoms with van der Waals surface area (Å²) in [6.45, 7) is 4.43. The van der Waals surface area contributed by atoms with Gasteiger partial charge in [0.05, 0.1) is 24.1 Å². The molecule has 1 heterocycles. The molecule has 1 atom stereocenters. The van der Waals surface area contributed by atoms with Crippen molar-refractivity contribution in [3.05, 3.63) is 47.6 Å². The maximum atomic E-state index is 12.5. The Morgan fingerprint density at radius 2 is 1.88 bits per heavy atom. The quantitative estimate of drug-likeness (QED) is 0.379. The van der Waals surface area contributed by atoms with Crippen molar-refractivity contribution in [2.24, 2.45) is 3.77 Å². The van der Waals surface area contributed by atoms with Gasteiger partial charge in [-0.25, -0.2) is 9.97 Å². The predicted molar refractivity (Wildman–Crippen MR) is 133 cm³/mol. The third-order valence-corrected chi connectivity index (χ3v) is 8.23. The van der Waals surface area contributed by atoms with Crippen LogP contribution in [0.4, 0.5) is 11.5 Å². The van der Waals surface area contributed by atoms with Crippen molar-refractivity contribution in [1.29, 1.82) is 0 Å². The fourth-order valence-electron chi connectivity index (χ4n) is 3.12. The number of nitrogens with one attached hydrogen (secondary N) is 2. The predicted octanol–water partition coefficient (Wildman–Crippen LogP) is 2.53. The van der Waals surface area contributed by atoms with E-state index in [1.807, 2.05) is 26.0 Å². The molecule has 3 aromatic rings. The monoisotopic (exact) mass is 506 g/mol. The van der Waals surface area contributed by atoms with Crippen LogP contribution in [-0.4, -0.2) is 50.2 Å². The summed E-state index contributed by atoms with van der Waals surface area (Å²) in [6, 6.07) is 9.39. The van der Waals surface area contributed by atoms with E-state index in [1.54, 1.807) is 18.5 Å². The molecule has 0 aliphatic carbocycles. The number of rotatable bonds is 11. The standard InChI is InChI=1S/C22H27N5O5S2/c1-15(2)25-22-18-12-20(31-3)21(13-19(18)23-14-24-22)32-10-5-11-33(4)27-34(29,30)17-8-6-16(26-28)7-9-17/h6-9,12-15H,5,10-11H2,1-4H3,(H,23,24,25)/p+1. The molecule has 3 rings (SSSR count). The number of benzene rings is 2. The summed E-state index contributed by atoms with van der Waals surface area (Å²) in [5.74, 6) is 2.38. The Hall–Kier alpha value is -3.12. The number of nitrogens with zero attached hydrogens (tertiary/aromatic N) is 3. The van der Waals surface area contributed by atoms with E-state index in [-0.39, 0.29) is 16.6 Å². The molecule has 34 heavy (non-hydrogen) atoms. The highest BCUT2D eigenvalue weighted by molar-refractivity contribution is 7.99. The second kappa shape index (κ2) is 11.3. The summed E-state index contributed by atoms with van der Waals surface area (Å²) in [5.41, 5.74) is 1.01. The van der Waals surface area contributed by atoms with Crippen LogP contribution >= 0.6 is 0 Å². The van der Waals surface area contributed by atoms with Gasteiger partial charge in [-0.1, -0.05) is 10.7 Å². The lowest BCUT2D eigenvalue weighted by Gasteiger charge is -2.15. The molecule has 2 N–H and O–H groups in total. The normalized spacial score (nSPS) is 12.6. The van der Waals surface area contributed by atoms with Crippen LogP contribution in [0.15, 0.2) is 51.4 Å². The van der Waals surface area contributed by atoms with Gasteiger partial charge in [0, 0.05) is 45.5 Å². The van der Waals surface area contributed by atoms with E-state index in [2.05, 4.69) is 19.1 Å². The molecule has 0 saturated heterocycles. The number of nitroso groups, excluding NO2 is 1. The average molecular weight is 507 g/mol. The van der Waals surface area contributed by atoms with Gasteiger partial charge >= 0.3 is 0 Å². The topological polar surface area (TPSA) is 134 Å². The first-order chi connectivity index (χ1) is 16.2. The molecule has 10 nitrogen and oxygen atoms in total. The third-order valence-electron chi connectivity index (χ3n) is 4.68. The van der Waals surface area contributed by atoms with Gasteiger partial charge < -0.3 is 14.8 Å². The summed E-state index contributed by atoms with van der Waals surface area (Å²) in [5, 5.41) is 5.84. The highest BCUT2D eigenvalue weighted by atomic mass is 32.3. The average Bonchev–Trinajstić information content (AvgIpc) is 2.81. The smallest absolute Gasteiger partial charge is 0.287 e. The van der Waals surface area contributed by atoms with Crippen LogP contribution in [0.5, 0.6) is 11.5 Å². The molecular formula is C22H28N5O5S2+. The minimum absolute atomic E-state index is 0.0521. The zero-order valence-corrected chi connectivity index (χ0v) is 21.1. The Morgan fingerprint density at radius 1 is 1.15 bits per heavy atom. The minimum Gasteiger partial charge on any atom is -0.493 e. The zero-order chi connectivity index (χ0) is 24.7. The van der Waals surface area contributed by atoms with Crippen LogP contribution in [0, 0.1) is 4.91 Å². The van der Waals surface area contributed by atoms with Gasteiger partial charge in [-0.05, 0) is 44.7 Å². The van der Waals surface area contributed by atoms with Gasteiger partial charge in [0.2, 0.25) is 0 Å². The lowest BCUT2D eigenvalue weighted by atomic mass is 10.2. The molecule has 0 fully saturated rings. The molecular weight excluding hydrogens is 478 g/mol. The highest BCUT2D eigenvalue weighted by Crippen LogP contribution is 2.34. The molecule has 12 heteroatoms. The minimum atomic E-state index is -3.80. The lowest BCUT2D eigenvalue weighted by Crippen LogP contribution is -2.55. The number of aromatic nitrogens is 2. The molecule has 0 aliphatic heterocycles. The Balaban J connectivity index is 1.65. The molecule has 0 aliphatic rings. The largest absolute Gasteiger partial charge is 0.493 e. The zero-order valence-electron chi connectivity index (χ0n) is 19.4. The SMILES string of the molecule is COc1cc2c(NC(C)C)ncnc2cc1OCCCS(C)=NS(=O)(=O)c1ccc([NH+]=O)cc1. The molecule has 1 aromatic heterocycles. The van der Waals surface area contributed by atoms with Crippen LogP contribution < -0.4 is 20.0 Å². The molecule has 0 saturated carbocycles. The Bertz CT molecular complexity index is 1300. The molecule has 0 amide bonds. The van der Waals surface area contributed by atoms with E-state index in [1.165, 1.54) is 30.6 Å². The molecule has 182 valence electrons.